The Labute approximate surface area is 159 Å². The molecule has 3 rings (SSSR count). The Morgan fingerprint density at radius 1 is 1.07 bits per heavy atom. The maximum absolute atomic E-state index is 13.2. The van der Waals surface area contributed by atoms with E-state index in [1.165, 1.54) is 0 Å². The fraction of sp³-hybridized carbons (Fsp3) is 0.429. The van der Waals surface area contributed by atoms with Gasteiger partial charge in [-0.3, -0.25) is 4.79 Å². The van der Waals surface area contributed by atoms with Gasteiger partial charge in [0.15, 0.2) is 0 Å². The first kappa shape index (κ1) is 18.7. The molecule has 0 atom stereocenters. The van der Waals surface area contributed by atoms with Gasteiger partial charge in [-0.2, -0.15) is 10.5 Å². The van der Waals surface area contributed by atoms with E-state index in [1.54, 1.807) is 4.90 Å². The fourth-order valence-corrected chi connectivity index (χ4v) is 3.53. The van der Waals surface area contributed by atoms with E-state index in [1.807, 2.05) is 30.3 Å². The van der Waals surface area contributed by atoms with Crippen molar-refractivity contribution in [2.24, 2.45) is 0 Å². The second-order valence-electron chi connectivity index (χ2n) is 6.67. The van der Waals surface area contributed by atoms with Crippen LogP contribution < -0.4 is 0 Å². The Kier molecular flexibility index (Phi) is 6.22. The summed E-state index contributed by atoms with van der Waals surface area (Å²) in [6, 6.07) is 14.1. The molecule has 27 heavy (non-hydrogen) atoms. The van der Waals surface area contributed by atoms with Gasteiger partial charge < -0.3 is 9.47 Å². The van der Waals surface area contributed by atoms with Gasteiger partial charge in [0, 0.05) is 25.2 Å². The van der Waals surface area contributed by atoms with Crippen LogP contribution in [0.15, 0.2) is 30.3 Å². The molecule has 1 aliphatic rings. The average molecular weight is 361 g/mol. The lowest BCUT2D eigenvalue weighted by Crippen LogP contribution is -2.33. The van der Waals surface area contributed by atoms with E-state index in [4.69, 9.17) is 15.5 Å². The lowest BCUT2D eigenvalue weighted by Gasteiger charge is -2.20. The summed E-state index contributed by atoms with van der Waals surface area (Å²) in [5.41, 5.74) is 2.46. The zero-order chi connectivity index (χ0) is 19.1. The first-order valence-corrected chi connectivity index (χ1v) is 9.44. The number of carbonyl (C=O) groups excluding carboxylic acids is 1. The highest BCUT2D eigenvalue weighted by Gasteiger charge is 2.27. The third kappa shape index (κ3) is 4.17. The van der Waals surface area contributed by atoms with Crippen molar-refractivity contribution in [3.63, 3.8) is 0 Å². The van der Waals surface area contributed by atoms with E-state index in [9.17, 15) is 4.79 Å². The van der Waals surface area contributed by atoms with Crippen LogP contribution in [-0.4, -0.2) is 33.4 Å². The molecule has 0 radical (unpaired) electrons. The van der Waals surface area contributed by atoms with E-state index < -0.39 is 0 Å². The lowest BCUT2D eigenvalue weighted by atomic mass is 10.1. The second-order valence-corrected chi connectivity index (χ2v) is 6.67. The summed E-state index contributed by atoms with van der Waals surface area (Å²) in [5.74, 6) is 0.657. The normalized spacial score (nSPS) is 13.1. The molecule has 1 aliphatic heterocycles. The number of amides is 1. The first-order chi connectivity index (χ1) is 13.3. The minimum atomic E-state index is -0.173. The first-order valence-electron chi connectivity index (χ1n) is 9.44. The van der Waals surface area contributed by atoms with Crippen molar-refractivity contribution in [2.75, 3.05) is 13.1 Å². The van der Waals surface area contributed by atoms with Gasteiger partial charge in [-0.25, -0.2) is 4.98 Å². The number of aromatic nitrogens is 2. The minimum Gasteiger partial charge on any atom is -0.335 e. The average Bonchev–Trinajstić information content (AvgIpc) is 2.89. The molecule has 1 amide bonds. The lowest BCUT2D eigenvalue weighted by molar-refractivity contribution is 0.0756. The summed E-state index contributed by atoms with van der Waals surface area (Å²) >= 11 is 0. The Hall–Kier alpha value is -3.12. The van der Waals surface area contributed by atoms with Gasteiger partial charge in [-0.1, -0.05) is 36.8 Å². The van der Waals surface area contributed by atoms with Crippen LogP contribution in [0.4, 0.5) is 0 Å². The second kappa shape index (κ2) is 9.00. The number of nitriles is 2. The third-order valence-corrected chi connectivity index (χ3v) is 4.88. The van der Waals surface area contributed by atoms with Crippen molar-refractivity contribution >= 4 is 5.91 Å². The van der Waals surface area contributed by atoms with Gasteiger partial charge in [-0.05, 0) is 19.3 Å². The molecule has 0 bridgehead atoms. The fourth-order valence-electron chi connectivity index (χ4n) is 3.53. The summed E-state index contributed by atoms with van der Waals surface area (Å²) in [7, 11) is 0. The molecule has 2 aromatic rings. The van der Waals surface area contributed by atoms with E-state index >= 15 is 0 Å². The van der Waals surface area contributed by atoms with Crippen molar-refractivity contribution in [3.8, 4) is 23.5 Å². The molecule has 0 fully saturated rings. The summed E-state index contributed by atoms with van der Waals surface area (Å²) < 4.78 is 2.18. The number of benzene rings is 1. The molecule has 0 saturated heterocycles. The smallest absolute Gasteiger partial charge is 0.274 e. The highest BCUT2D eigenvalue weighted by Crippen LogP contribution is 2.28. The molecule has 0 unspecified atom stereocenters. The predicted molar refractivity (Wildman–Crippen MR) is 102 cm³/mol. The molecule has 1 aromatic carbocycles. The van der Waals surface area contributed by atoms with Gasteiger partial charge in [0.05, 0.1) is 30.7 Å². The van der Waals surface area contributed by atoms with Gasteiger partial charge in [0.1, 0.15) is 11.5 Å². The maximum Gasteiger partial charge on any atom is 0.274 e. The summed E-state index contributed by atoms with van der Waals surface area (Å²) in [6.07, 6.45) is 4.57. The number of rotatable bonds is 6. The van der Waals surface area contributed by atoms with Crippen molar-refractivity contribution in [3.05, 3.63) is 41.7 Å². The summed E-state index contributed by atoms with van der Waals surface area (Å²) in [6.45, 7) is 1.50. The zero-order valence-corrected chi connectivity index (χ0v) is 15.4. The summed E-state index contributed by atoms with van der Waals surface area (Å²) in [5, 5.41) is 17.8. The van der Waals surface area contributed by atoms with Gasteiger partial charge in [0.25, 0.3) is 5.91 Å². The van der Waals surface area contributed by atoms with Crippen molar-refractivity contribution in [1.82, 2.24) is 14.5 Å². The number of imidazole rings is 1. The third-order valence-electron chi connectivity index (χ3n) is 4.88. The number of nitrogens with zero attached hydrogens (tertiary/aromatic N) is 5. The largest absolute Gasteiger partial charge is 0.335 e. The van der Waals surface area contributed by atoms with Crippen LogP contribution in [-0.2, 0) is 13.0 Å². The van der Waals surface area contributed by atoms with Crippen LogP contribution in [0.1, 0.15) is 48.3 Å². The SMILES string of the molecule is N#CCCN(CCC#N)C(=O)c1nc(-c2ccccc2)n2c1CCCCC2. The highest BCUT2D eigenvalue weighted by atomic mass is 16.2. The monoisotopic (exact) mass is 361 g/mol. The van der Waals surface area contributed by atoms with Crippen molar-refractivity contribution in [2.45, 2.75) is 45.1 Å². The van der Waals surface area contributed by atoms with E-state index in [-0.39, 0.29) is 18.7 Å². The molecule has 0 saturated carbocycles. The molecule has 6 heteroatoms. The van der Waals surface area contributed by atoms with Crippen molar-refractivity contribution < 1.29 is 4.79 Å². The standard InChI is InChI=1S/C21H23N5O/c22-12-7-14-25(15-8-13-23)21(27)19-18-11-5-2-6-16-26(18)20(24-19)17-9-3-1-4-10-17/h1,3-4,9-10H,2,5-8,11,14-16H2. The Morgan fingerprint density at radius 2 is 1.78 bits per heavy atom. The van der Waals surface area contributed by atoms with Crippen LogP contribution in [0.25, 0.3) is 11.4 Å². The van der Waals surface area contributed by atoms with E-state index in [0.717, 1.165) is 49.3 Å². The molecule has 2 heterocycles. The Bertz CT molecular complexity index is 854. The molecular weight excluding hydrogens is 338 g/mol. The molecule has 0 N–H and O–H groups in total. The quantitative estimate of drug-likeness (QED) is 0.787. The molecule has 1 aromatic heterocycles. The molecule has 6 nitrogen and oxygen atoms in total. The van der Waals surface area contributed by atoms with E-state index in [0.29, 0.717) is 18.8 Å². The number of hydrogen-bond acceptors (Lipinski definition) is 4. The number of fused-ring (bicyclic) bond motifs is 1. The molecule has 0 spiro atoms. The molecular formula is C21H23N5O. The minimum absolute atomic E-state index is 0.173. The van der Waals surface area contributed by atoms with Crippen molar-refractivity contribution in [1.29, 1.82) is 10.5 Å². The molecule has 0 aliphatic carbocycles. The number of hydrogen-bond donors (Lipinski definition) is 0. The zero-order valence-electron chi connectivity index (χ0n) is 15.4. The van der Waals surface area contributed by atoms with Crippen LogP contribution in [0.5, 0.6) is 0 Å². The van der Waals surface area contributed by atoms with Gasteiger partial charge >= 0.3 is 0 Å². The maximum atomic E-state index is 13.2. The van der Waals surface area contributed by atoms with E-state index in [2.05, 4.69) is 16.7 Å². The van der Waals surface area contributed by atoms with Crippen LogP contribution in [0.3, 0.4) is 0 Å². The topological polar surface area (TPSA) is 85.7 Å². The summed E-state index contributed by atoms with van der Waals surface area (Å²) in [4.78, 5) is 19.6. The Morgan fingerprint density at radius 3 is 2.44 bits per heavy atom. The van der Waals surface area contributed by atoms with Gasteiger partial charge in [-0.15, -0.1) is 0 Å². The predicted octanol–water partition coefficient (Wildman–Crippen LogP) is 3.55. The molecule has 138 valence electrons. The Balaban J connectivity index is 2.01. The number of carbonyl (C=O) groups is 1. The van der Waals surface area contributed by atoms with Crippen LogP contribution in [0.2, 0.25) is 0 Å². The van der Waals surface area contributed by atoms with Crippen LogP contribution in [0, 0.1) is 22.7 Å². The van der Waals surface area contributed by atoms with Crippen LogP contribution >= 0.6 is 0 Å². The van der Waals surface area contributed by atoms with Gasteiger partial charge in [0.2, 0.25) is 0 Å². The highest BCUT2D eigenvalue weighted by molar-refractivity contribution is 5.94.